The number of carboxylic acids is 1. The molecule has 1 aliphatic rings. The number of aliphatic carboxylic acids is 1. The van der Waals surface area contributed by atoms with Crippen molar-refractivity contribution in [2.24, 2.45) is 16.5 Å². The van der Waals surface area contributed by atoms with Crippen molar-refractivity contribution in [1.29, 1.82) is 0 Å². The smallest absolute Gasteiger partial charge is 0.329 e. The summed E-state index contributed by atoms with van der Waals surface area (Å²) in [4.78, 5) is 29.4. The van der Waals surface area contributed by atoms with Crippen LogP contribution in [0.25, 0.3) is 0 Å². The molecule has 1 aromatic heterocycles. The number of nitrogens with zero attached hydrogens (tertiary/aromatic N) is 4. The van der Waals surface area contributed by atoms with E-state index in [1.54, 1.807) is 0 Å². The number of hydrogen-bond acceptors (Lipinski definition) is 9. The Bertz CT molecular complexity index is 677. The minimum Gasteiger partial charge on any atom is -0.480 e. The van der Waals surface area contributed by atoms with Gasteiger partial charge in [-0.3, -0.25) is 4.79 Å². The fraction of sp³-hybridized carbons (Fsp3) is 0.583. The molecule has 0 saturated carbocycles. The van der Waals surface area contributed by atoms with Crippen molar-refractivity contribution >= 4 is 17.7 Å². The lowest BCUT2D eigenvalue weighted by molar-refractivity contribution is -0.140. The van der Waals surface area contributed by atoms with Crippen molar-refractivity contribution in [3.63, 3.8) is 0 Å². The molecule has 8 N–H and O–H groups in total. The predicted molar refractivity (Wildman–Crippen MR) is 79.0 cm³/mol. The molecule has 138 valence electrons. The first-order chi connectivity index (χ1) is 11.7. The summed E-state index contributed by atoms with van der Waals surface area (Å²) >= 11 is 0. The fourth-order valence-electron chi connectivity index (χ4n) is 2.22. The van der Waals surface area contributed by atoms with E-state index in [9.17, 15) is 19.8 Å². The monoisotopic (exact) mass is 358 g/mol. The lowest BCUT2D eigenvalue weighted by Crippen LogP contribution is -2.33. The van der Waals surface area contributed by atoms with E-state index in [-0.39, 0.29) is 11.7 Å². The van der Waals surface area contributed by atoms with E-state index in [0.717, 1.165) is 11.0 Å². The maximum absolute atomic E-state index is 11.0. The maximum atomic E-state index is 11.0. The van der Waals surface area contributed by atoms with Gasteiger partial charge in [0.2, 0.25) is 11.7 Å². The number of aromatic nitrogens is 3. The maximum Gasteiger partial charge on any atom is 0.329 e. The van der Waals surface area contributed by atoms with Crippen molar-refractivity contribution in [2.45, 2.75) is 37.0 Å². The van der Waals surface area contributed by atoms with E-state index in [1.165, 1.54) is 0 Å². The number of aliphatic hydroxyl groups is 3. The Morgan fingerprint density at radius 2 is 2.04 bits per heavy atom. The summed E-state index contributed by atoms with van der Waals surface area (Å²) in [6.45, 7) is -0.507. The Morgan fingerprint density at radius 1 is 1.36 bits per heavy atom. The van der Waals surface area contributed by atoms with Gasteiger partial charge in [-0.2, -0.15) is 0 Å². The van der Waals surface area contributed by atoms with Crippen molar-refractivity contribution in [3.05, 3.63) is 12.2 Å². The highest BCUT2D eigenvalue weighted by Gasteiger charge is 2.44. The van der Waals surface area contributed by atoms with E-state index in [4.69, 9.17) is 26.4 Å². The molecule has 0 radical (unpaired) electrons. The number of amidine groups is 1. The number of hydrogen-bond donors (Lipinski definition) is 6. The molecule has 0 spiro atoms. The minimum absolute atomic E-state index is 0.173. The Labute approximate surface area is 140 Å². The van der Waals surface area contributed by atoms with Crippen LogP contribution in [-0.4, -0.2) is 83.9 Å². The summed E-state index contributed by atoms with van der Waals surface area (Å²) in [5, 5.41) is 41.6. The summed E-state index contributed by atoms with van der Waals surface area (Å²) < 4.78 is 6.31. The molecule has 0 aliphatic carbocycles. The van der Waals surface area contributed by atoms with Crippen molar-refractivity contribution in [2.75, 3.05) is 6.61 Å². The van der Waals surface area contributed by atoms with Crippen LogP contribution < -0.4 is 11.5 Å². The number of carboxylic acid groups (broad SMARTS) is 1. The average molecular weight is 358 g/mol. The van der Waals surface area contributed by atoms with Crippen molar-refractivity contribution in [1.82, 2.24) is 14.8 Å². The highest BCUT2D eigenvalue weighted by molar-refractivity contribution is 5.96. The molecule has 2 heterocycles. The van der Waals surface area contributed by atoms with Crippen LogP contribution in [0, 0.1) is 0 Å². The molecule has 0 aromatic carbocycles. The van der Waals surface area contributed by atoms with Gasteiger partial charge in [0.15, 0.2) is 18.1 Å². The van der Waals surface area contributed by atoms with Gasteiger partial charge in [-0.05, 0) is 0 Å². The third-order valence-corrected chi connectivity index (χ3v) is 3.49. The van der Waals surface area contributed by atoms with E-state index < -0.39 is 55.5 Å². The number of aliphatic imine (C=N–C) groups is 1. The Hall–Kier alpha value is -2.61. The molecule has 0 bridgehead atoms. The van der Waals surface area contributed by atoms with Gasteiger partial charge >= 0.3 is 5.97 Å². The van der Waals surface area contributed by atoms with Gasteiger partial charge in [-0.25, -0.2) is 19.5 Å². The van der Waals surface area contributed by atoms with Crippen LogP contribution in [0.2, 0.25) is 0 Å². The van der Waals surface area contributed by atoms with E-state index >= 15 is 0 Å². The first-order valence-corrected chi connectivity index (χ1v) is 7.13. The molecule has 1 amide bonds. The zero-order valence-corrected chi connectivity index (χ0v) is 12.8. The molecule has 1 fully saturated rings. The number of rotatable bonds is 7. The van der Waals surface area contributed by atoms with Gasteiger partial charge in [-0.15, -0.1) is 5.10 Å². The van der Waals surface area contributed by atoms with Crippen LogP contribution in [0.3, 0.4) is 0 Å². The van der Waals surface area contributed by atoms with Crippen molar-refractivity contribution < 1.29 is 34.8 Å². The zero-order chi connectivity index (χ0) is 18.7. The standard InChI is InChI=1S/C12H18N6O7/c13-6(20)1-4(12(23)24)16-9(14)10-15-3-18(17-10)11-8(22)7(21)5(2-19)25-11/h3-5,7-8,11,19,21-22H,1-2H2,(H2,13,20)(H2,14,16)(H,23,24)/t4?,5-,7-,8-,11-/m1/s1. The summed E-state index contributed by atoms with van der Waals surface area (Å²) in [5.41, 5.74) is 10.6. The van der Waals surface area contributed by atoms with Gasteiger partial charge in [0.1, 0.15) is 24.6 Å². The second-order valence-corrected chi connectivity index (χ2v) is 5.32. The molecule has 1 aliphatic heterocycles. The third kappa shape index (κ3) is 4.08. The van der Waals surface area contributed by atoms with Crippen LogP contribution in [0.15, 0.2) is 11.3 Å². The summed E-state index contributed by atoms with van der Waals surface area (Å²) in [5.74, 6) is -2.80. The number of nitrogens with two attached hydrogens (primary N) is 2. The predicted octanol–water partition coefficient (Wildman–Crippen LogP) is -4.08. The lowest BCUT2D eigenvalue weighted by Gasteiger charge is -2.13. The molecule has 1 saturated heterocycles. The first-order valence-electron chi connectivity index (χ1n) is 7.13. The number of aliphatic hydroxyl groups excluding tert-OH is 3. The minimum atomic E-state index is -1.49. The van der Waals surface area contributed by atoms with Gasteiger partial charge < -0.3 is 36.6 Å². The first kappa shape index (κ1) is 18.7. The largest absolute Gasteiger partial charge is 0.480 e. The molecule has 1 unspecified atom stereocenters. The molecule has 13 heteroatoms. The van der Waals surface area contributed by atoms with Crippen LogP contribution in [0.1, 0.15) is 18.5 Å². The quantitative estimate of drug-likeness (QED) is 0.204. The second kappa shape index (κ2) is 7.52. The summed E-state index contributed by atoms with van der Waals surface area (Å²) in [6.07, 6.45) is -4.23. The van der Waals surface area contributed by atoms with Gasteiger partial charge in [0.05, 0.1) is 13.0 Å². The van der Waals surface area contributed by atoms with E-state index in [0.29, 0.717) is 0 Å². The van der Waals surface area contributed by atoms with E-state index in [2.05, 4.69) is 15.1 Å². The molecule has 2 rings (SSSR count). The molecule has 1 aromatic rings. The number of carbonyl (C=O) groups is 2. The van der Waals surface area contributed by atoms with Gasteiger partial charge in [-0.1, -0.05) is 0 Å². The third-order valence-electron chi connectivity index (χ3n) is 3.49. The number of amides is 1. The fourth-order valence-corrected chi connectivity index (χ4v) is 2.22. The summed E-state index contributed by atoms with van der Waals surface area (Å²) in [7, 11) is 0. The SMILES string of the molecule is NC(=O)CC(N=C(N)c1ncn([C@@H]2O[C@H](CO)[C@@H](O)[C@H]2O)n1)C(=O)O. The number of ether oxygens (including phenoxy) is 1. The average Bonchev–Trinajstić information content (AvgIpc) is 3.12. The van der Waals surface area contributed by atoms with Crippen LogP contribution in [0.5, 0.6) is 0 Å². The molecule has 25 heavy (non-hydrogen) atoms. The summed E-state index contributed by atoms with van der Waals surface area (Å²) in [6, 6.07) is -1.49. The normalized spacial score (nSPS) is 28.0. The number of primary amides is 1. The Balaban J connectivity index is 2.18. The van der Waals surface area contributed by atoms with Crippen LogP contribution in [-0.2, 0) is 14.3 Å². The highest BCUT2D eigenvalue weighted by Crippen LogP contribution is 2.28. The Kier molecular flexibility index (Phi) is 5.63. The zero-order valence-electron chi connectivity index (χ0n) is 12.8. The topological polar surface area (TPSA) is 219 Å². The molecular weight excluding hydrogens is 340 g/mol. The number of carbonyl (C=O) groups excluding carboxylic acids is 1. The van der Waals surface area contributed by atoms with Gasteiger partial charge in [0, 0.05) is 0 Å². The van der Waals surface area contributed by atoms with E-state index in [1.807, 2.05) is 0 Å². The molecule has 5 atom stereocenters. The second-order valence-electron chi connectivity index (χ2n) is 5.32. The van der Waals surface area contributed by atoms with Crippen LogP contribution >= 0.6 is 0 Å². The van der Waals surface area contributed by atoms with Crippen molar-refractivity contribution in [3.8, 4) is 0 Å². The molecule has 13 nitrogen and oxygen atoms in total. The van der Waals surface area contributed by atoms with Gasteiger partial charge in [0.25, 0.3) is 0 Å². The Morgan fingerprint density at radius 3 is 2.56 bits per heavy atom. The lowest BCUT2D eigenvalue weighted by atomic mass is 10.1. The highest BCUT2D eigenvalue weighted by atomic mass is 16.6. The van der Waals surface area contributed by atoms with Crippen LogP contribution in [0.4, 0.5) is 0 Å². The molecular formula is C12H18N6O7.